The number of sulfonamides is 1. The van der Waals surface area contributed by atoms with E-state index in [0.29, 0.717) is 11.8 Å². The largest absolute Gasteiger partial charge is 0.416 e. The van der Waals surface area contributed by atoms with Crippen LogP contribution in [0.1, 0.15) is 22.3 Å². The van der Waals surface area contributed by atoms with Crippen LogP contribution in [-0.4, -0.2) is 31.8 Å². The third-order valence-electron chi connectivity index (χ3n) is 4.47. The third kappa shape index (κ3) is 6.54. The number of anilines is 2. The van der Waals surface area contributed by atoms with Crippen molar-refractivity contribution >= 4 is 33.2 Å². The van der Waals surface area contributed by atoms with Crippen molar-refractivity contribution in [3.63, 3.8) is 0 Å². The Morgan fingerprint density at radius 2 is 1.74 bits per heavy atom. The van der Waals surface area contributed by atoms with Gasteiger partial charge in [0.25, 0.3) is 15.9 Å². The number of hydrogen-bond donors (Lipinski definition) is 3. The number of pyridine rings is 1. The number of amides is 2. The highest BCUT2D eigenvalue weighted by Crippen LogP contribution is 2.31. The number of rotatable bonds is 8. The number of halogens is 3. The summed E-state index contributed by atoms with van der Waals surface area (Å²) in [6, 6.07) is 12.1. The van der Waals surface area contributed by atoms with Crippen LogP contribution in [0.25, 0.3) is 0 Å². The maximum Gasteiger partial charge on any atom is 0.416 e. The fourth-order valence-electron chi connectivity index (χ4n) is 2.86. The summed E-state index contributed by atoms with van der Waals surface area (Å²) in [4.78, 5) is 27.8. The molecule has 2 aromatic carbocycles. The highest BCUT2D eigenvalue weighted by Gasteiger charge is 2.31. The average Bonchev–Trinajstić information content (AvgIpc) is 2.79. The van der Waals surface area contributed by atoms with Gasteiger partial charge in [-0.1, -0.05) is 18.2 Å². The van der Waals surface area contributed by atoms with Gasteiger partial charge in [0, 0.05) is 19.2 Å². The predicted molar refractivity (Wildman–Crippen MR) is 119 cm³/mol. The molecule has 2 amide bonds. The fraction of sp³-hybridized carbons (Fsp3) is 0.136. The minimum absolute atomic E-state index is 0.0420. The Morgan fingerprint density at radius 1 is 0.971 bits per heavy atom. The Bertz CT molecular complexity index is 1280. The molecule has 0 radical (unpaired) electrons. The summed E-state index contributed by atoms with van der Waals surface area (Å²) >= 11 is 0. The van der Waals surface area contributed by atoms with E-state index >= 15 is 0 Å². The Morgan fingerprint density at radius 3 is 2.44 bits per heavy atom. The van der Waals surface area contributed by atoms with Crippen LogP contribution in [0, 0.1) is 0 Å². The molecule has 0 bridgehead atoms. The standard InChI is InChI=1S/C22H19F3N4O4S/c23-22(24,25)15-5-3-7-17(13-15)34(32,33)29-19-9-2-1-8-18(19)21(31)27-12-10-20(30)28-16-6-4-11-26-14-16/h1-9,11,13-14,29H,10,12H2,(H,27,31)(H,28,30). The van der Waals surface area contributed by atoms with E-state index in [1.807, 2.05) is 0 Å². The first-order valence-corrected chi connectivity index (χ1v) is 11.3. The van der Waals surface area contributed by atoms with Gasteiger partial charge in [-0.15, -0.1) is 0 Å². The highest BCUT2D eigenvalue weighted by molar-refractivity contribution is 7.92. The molecule has 34 heavy (non-hydrogen) atoms. The molecular weight excluding hydrogens is 473 g/mol. The highest BCUT2D eigenvalue weighted by atomic mass is 32.2. The topological polar surface area (TPSA) is 117 Å². The molecule has 3 aromatic rings. The number of nitrogens with zero attached hydrogens (tertiary/aromatic N) is 1. The second-order valence-electron chi connectivity index (χ2n) is 6.97. The number of para-hydroxylation sites is 1. The third-order valence-corrected chi connectivity index (χ3v) is 5.83. The van der Waals surface area contributed by atoms with Gasteiger partial charge in [0.2, 0.25) is 5.91 Å². The van der Waals surface area contributed by atoms with Crippen molar-refractivity contribution in [1.29, 1.82) is 0 Å². The number of nitrogens with one attached hydrogen (secondary N) is 3. The van der Waals surface area contributed by atoms with E-state index in [-0.39, 0.29) is 30.1 Å². The zero-order valence-electron chi connectivity index (χ0n) is 17.5. The van der Waals surface area contributed by atoms with E-state index in [2.05, 4.69) is 20.3 Å². The summed E-state index contributed by atoms with van der Waals surface area (Å²) < 4.78 is 66.3. The number of benzene rings is 2. The summed E-state index contributed by atoms with van der Waals surface area (Å²) in [6.07, 6.45) is -1.76. The van der Waals surface area contributed by atoms with Crippen LogP contribution in [0.3, 0.4) is 0 Å². The fourth-order valence-corrected chi connectivity index (χ4v) is 3.98. The number of carbonyl (C=O) groups is 2. The van der Waals surface area contributed by atoms with Crippen molar-refractivity contribution in [2.24, 2.45) is 0 Å². The Kier molecular flexibility index (Phi) is 7.51. The molecule has 3 rings (SSSR count). The molecule has 0 spiro atoms. The van der Waals surface area contributed by atoms with Gasteiger partial charge in [0.05, 0.1) is 33.6 Å². The predicted octanol–water partition coefficient (Wildman–Crippen LogP) is 3.66. The van der Waals surface area contributed by atoms with Crippen LogP contribution in [-0.2, 0) is 21.0 Å². The van der Waals surface area contributed by atoms with Crippen LogP contribution in [0.4, 0.5) is 24.5 Å². The van der Waals surface area contributed by atoms with Crippen molar-refractivity contribution in [2.75, 3.05) is 16.6 Å². The number of aromatic nitrogens is 1. The van der Waals surface area contributed by atoms with Crippen LogP contribution in [0.2, 0.25) is 0 Å². The molecule has 178 valence electrons. The van der Waals surface area contributed by atoms with Gasteiger partial charge in [-0.3, -0.25) is 19.3 Å². The molecule has 0 atom stereocenters. The Hall–Kier alpha value is -3.93. The van der Waals surface area contributed by atoms with E-state index < -0.39 is 32.6 Å². The summed E-state index contributed by atoms with van der Waals surface area (Å²) in [6.45, 7) is -0.0420. The minimum Gasteiger partial charge on any atom is -0.351 e. The quantitative estimate of drug-likeness (QED) is 0.444. The minimum atomic E-state index is -4.72. The summed E-state index contributed by atoms with van der Waals surface area (Å²) in [5.41, 5.74) is -0.818. The number of carbonyl (C=O) groups excluding carboxylic acids is 2. The number of hydrogen-bond acceptors (Lipinski definition) is 5. The van der Waals surface area contributed by atoms with Gasteiger partial charge >= 0.3 is 6.18 Å². The zero-order chi connectivity index (χ0) is 24.8. The van der Waals surface area contributed by atoms with Crippen molar-refractivity contribution < 1.29 is 31.2 Å². The lowest BCUT2D eigenvalue weighted by molar-refractivity contribution is -0.137. The van der Waals surface area contributed by atoms with Gasteiger partial charge in [-0.05, 0) is 42.5 Å². The lowest BCUT2D eigenvalue weighted by Crippen LogP contribution is -2.28. The number of alkyl halides is 3. The van der Waals surface area contributed by atoms with E-state index in [1.54, 1.807) is 18.3 Å². The maximum atomic E-state index is 13.0. The second kappa shape index (κ2) is 10.3. The first kappa shape index (κ1) is 24.7. The van der Waals surface area contributed by atoms with Crippen LogP contribution < -0.4 is 15.4 Å². The molecule has 3 N–H and O–H groups in total. The monoisotopic (exact) mass is 492 g/mol. The van der Waals surface area contributed by atoms with Crippen molar-refractivity contribution in [2.45, 2.75) is 17.5 Å². The molecule has 0 saturated carbocycles. The summed E-state index contributed by atoms with van der Waals surface area (Å²) in [5.74, 6) is -1.04. The second-order valence-corrected chi connectivity index (χ2v) is 8.65. The Balaban J connectivity index is 1.67. The molecule has 1 aromatic heterocycles. The van der Waals surface area contributed by atoms with E-state index in [1.165, 1.54) is 30.5 Å². The van der Waals surface area contributed by atoms with Crippen molar-refractivity contribution in [3.8, 4) is 0 Å². The van der Waals surface area contributed by atoms with E-state index in [4.69, 9.17) is 0 Å². The molecule has 0 aliphatic carbocycles. The van der Waals surface area contributed by atoms with Gasteiger partial charge in [0.15, 0.2) is 0 Å². The molecule has 0 unspecified atom stereocenters. The van der Waals surface area contributed by atoms with Crippen molar-refractivity contribution in [3.05, 3.63) is 84.2 Å². The molecule has 8 nitrogen and oxygen atoms in total. The van der Waals surface area contributed by atoms with Gasteiger partial charge in [-0.2, -0.15) is 13.2 Å². The first-order chi connectivity index (χ1) is 16.1. The van der Waals surface area contributed by atoms with Gasteiger partial charge in [0.1, 0.15) is 0 Å². The average molecular weight is 492 g/mol. The molecular formula is C22H19F3N4O4S. The molecule has 0 aliphatic rings. The molecule has 0 fully saturated rings. The van der Waals surface area contributed by atoms with E-state index in [9.17, 15) is 31.2 Å². The van der Waals surface area contributed by atoms with Crippen LogP contribution in [0.15, 0.2) is 78.0 Å². The Labute approximate surface area is 193 Å². The molecule has 0 saturated heterocycles. The smallest absolute Gasteiger partial charge is 0.351 e. The summed E-state index contributed by atoms with van der Waals surface area (Å²) in [7, 11) is -4.42. The maximum absolute atomic E-state index is 13.0. The van der Waals surface area contributed by atoms with Crippen molar-refractivity contribution in [1.82, 2.24) is 10.3 Å². The van der Waals surface area contributed by atoms with Gasteiger partial charge < -0.3 is 10.6 Å². The molecule has 1 heterocycles. The molecule has 0 aliphatic heterocycles. The van der Waals surface area contributed by atoms with Crippen LogP contribution >= 0.6 is 0 Å². The first-order valence-electron chi connectivity index (χ1n) is 9.83. The lowest BCUT2D eigenvalue weighted by atomic mass is 10.1. The van der Waals surface area contributed by atoms with E-state index in [0.717, 1.165) is 18.2 Å². The van der Waals surface area contributed by atoms with Gasteiger partial charge in [-0.25, -0.2) is 8.42 Å². The lowest BCUT2D eigenvalue weighted by Gasteiger charge is -2.14. The summed E-state index contributed by atoms with van der Waals surface area (Å²) in [5, 5.41) is 5.12. The zero-order valence-corrected chi connectivity index (χ0v) is 18.3. The van der Waals surface area contributed by atoms with Crippen LogP contribution in [0.5, 0.6) is 0 Å². The molecule has 12 heteroatoms. The normalized spacial score (nSPS) is 11.5. The SMILES string of the molecule is O=C(CCNC(=O)c1ccccc1NS(=O)(=O)c1cccc(C(F)(F)F)c1)Nc1cccnc1.